The van der Waals surface area contributed by atoms with E-state index in [0.29, 0.717) is 19.6 Å². The smallest absolute Gasteiger partial charge is 0.309 e. The molecule has 150 valence electrons. The highest BCUT2D eigenvalue weighted by molar-refractivity contribution is 5.88. The number of benzene rings is 1. The zero-order valence-electron chi connectivity index (χ0n) is 15.8. The van der Waals surface area contributed by atoms with Gasteiger partial charge in [-0.2, -0.15) is 5.06 Å². The standard InChI is InChI=1S/C20H26N4O4/c1-22-11-9-17(10-12-22)28-21-19(25)18-8-7-16-13-23(18)20(26)24(16)27-14-15-5-3-2-4-6-15/h1-6,16-18H,7-14H2,(H,21,25)/t16-,18+/m1/s1. The predicted molar refractivity (Wildman–Crippen MR) is 100 cm³/mol. The molecule has 0 spiro atoms. The number of hydrogen-bond acceptors (Lipinski definition) is 5. The number of hydroxylamine groups is 3. The molecule has 1 aromatic carbocycles. The van der Waals surface area contributed by atoms with Crippen molar-refractivity contribution in [2.75, 3.05) is 19.6 Å². The van der Waals surface area contributed by atoms with Crippen molar-refractivity contribution in [2.24, 2.45) is 0 Å². The molecule has 3 aliphatic rings. The minimum atomic E-state index is -0.524. The lowest BCUT2D eigenvalue weighted by molar-refractivity contribution is -0.146. The molecule has 4 rings (SSSR count). The van der Waals surface area contributed by atoms with Crippen molar-refractivity contribution in [3.8, 4) is 0 Å². The first kappa shape index (κ1) is 19.2. The van der Waals surface area contributed by atoms with E-state index in [1.807, 2.05) is 30.3 Å². The van der Waals surface area contributed by atoms with Gasteiger partial charge in [-0.15, -0.1) is 0 Å². The van der Waals surface area contributed by atoms with Crippen molar-refractivity contribution < 1.29 is 19.3 Å². The van der Waals surface area contributed by atoms with Gasteiger partial charge in [-0.3, -0.25) is 19.4 Å². The number of nitrogens with zero attached hydrogens (tertiary/aromatic N) is 3. The molecule has 2 atom stereocenters. The monoisotopic (exact) mass is 386 g/mol. The van der Waals surface area contributed by atoms with Crippen LogP contribution in [0.15, 0.2) is 30.3 Å². The van der Waals surface area contributed by atoms with Gasteiger partial charge in [0.1, 0.15) is 12.6 Å². The summed E-state index contributed by atoms with van der Waals surface area (Å²) in [5, 5.41) is 1.43. The van der Waals surface area contributed by atoms with Crippen LogP contribution in [-0.4, -0.2) is 64.6 Å². The highest BCUT2D eigenvalue weighted by Crippen LogP contribution is 2.30. The minimum Gasteiger partial charge on any atom is -0.309 e. The number of fused-ring (bicyclic) bond motifs is 2. The first-order valence-corrected chi connectivity index (χ1v) is 9.83. The van der Waals surface area contributed by atoms with Crippen LogP contribution < -0.4 is 5.48 Å². The minimum absolute atomic E-state index is 0.0185. The zero-order valence-corrected chi connectivity index (χ0v) is 15.8. The average Bonchev–Trinajstić information content (AvgIpc) is 2.96. The quantitative estimate of drug-likeness (QED) is 0.752. The maximum Gasteiger partial charge on any atom is 0.345 e. The summed E-state index contributed by atoms with van der Waals surface area (Å²) in [6.45, 7) is 2.31. The maximum atomic E-state index is 12.8. The molecule has 1 N–H and O–H groups in total. The number of nitrogens with one attached hydrogen (secondary N) is 1. The first-order valence-electron chi connectivity index (χ1n) is 9.83. The van der Waals surface area contributed by atoms with E-state index in [2.05, 4.69) is 5.48 Å². The van der Waals surface area contributed by atoms with Crippen molar-refractivity contribution in [1.82, 2.24) is 20.3 Å². The highest BCUT2D eigenvalue weighted by atomic mass is 16.7. The van der Waals surface area contributed by atoms with Crippen LogP contribution in [0.1, 0.15) is 31.2 Å². The van der Waals surface area contributed by atoms with Gasteiger partial charge < -0.3 is 4.90 Å². The lowest BCUT2D eigenvalue weighted by atomic mass is 10.0. The van der Waals surface area contributed by atoms with Crippen molar-refractivity contribution in [1.29, 1.82) is 0 Å². The van der Waals surface area contributed by atoms with E-state index in [1.165, 1.54) is 5.06 Å². The lowest BCUT2D eigenvalue weighted by Crippen LogP contribution is -2.50. The van der Waals surface area contributed by atoms with Crippen LogP contribution >= 0.6 is 0 Å². The van der Waals surface area contributed by atoms with Crippen LogP contribution in [0.4, 0.5) is 4.79 Å². The summed E-state index contributed by atoms with van der Waals surface area (Å²) in [7, 11) is 5.73. The van der Waals surface area contributed by atoms with Gasteiger partial charge in [-0.05, 0) is 31.2 Å². The van der Waals surface area contributed by atoms with Gasteiger partial charge in [0.2, 0.25) is 0 Å². The van der Waals surface area contributed by atoms with Crippen LogP contribution in [0.3, 0.4) is 0 Å². The molecule has 0 aliphatic carbocycles. The Morgan fingerprint density at radius 1 is 1.14 bits per heavy atom. The van der Waals surface area contributed by atoms with Crippen molar-refractivity contribution in [2.45, 2.75) is 50.5 Å². The molecule has 28 heavy (non-hydrogen) atoms. The molecule has 8 nitrogen and oxygen atoms in total. The molecule has 3 fully saturated rings. The summed E-state index contributed by atoms with van der Waals surface area (Å²) >= 11 is 0. The van der Waals surface area contributed by atoms with E-state index in [-0.39, 0.29) is 24.1 Å². The molecule has 0 unspecified atom stereocenters. The molecule has 3 aliphatic heterocycles. The number of rotatable bonds is 6. The van der Waals surface area contributed by atoms with Crippen LogP contribution in [0.2, 0.25) is 0 Å². The molecule has 0 aromatic heterocycles. The molecular formula is C20H26N4O4. The molecule has 3 heterocycles. The van der Waals surface area contributed by atoms with Gasteiger partial charge in [0, 0.05) is 26.7 Å². The molecule has 0 saturated carbocycles. The van der Waals surface area contributed by atoms with Gasteiger partial charge in [0.25, 0.3) is 5.91 Å². The summed E-state index contributed by atoms with van der Waals surface area (Å²) in [4.78, 5) is 40.0. The fourth-order valence-electron chi connectivity index (χ4n) is 3.99. The lowest BCUT2D eigenvalue weighted by Gasteiger charge is -2.31. The van der Waals surface area contributed by atoms with Crippen molar-refractivity contribution in [3.05, 3.63) is 42.9 Å². The predicted octanol–water partition coefficient (Wildman–Crippen LogP) is 1.57. The van der Waals surface area contributed by atoms with E-state index in [9.17, 15) is 9.59 Å². The molecule has 8 heteroatoms. The van der Waals surface area contributed by atoms with Crippen LogP contribution in [0, 0.1) is 7.05 Å². The van der Waals surface area contributed by atoms with Gasteiger partial charge in [-0.25, -0.2) is 10.3 Å². The second-order valence-corrected chi connectivity index (χ2v) is 7.59. The van der Waals surface area contributed by atoms with E-state index in [4.69, 9.17) is 16.7 Å². The number of piperidine rings is 2. The topological polar surface area (TPSA) is 74.4 Å². The van der Waals surface area contributed by atoms with Gasteiger partial charge >= 0.3 is 6.03 Å². The Bertz CT molecular complexity index is 693. The number of likely N-dealkylation sites (tertiary alicyclic amines) is 1. The Morgan fingerprint density at radius 2 is 1.89 bits per heavy atom. The molecule has 3 amide bonds. The summed E-state index contributed by atoms with van der Waals surface area (Å²) in [6, 6.07) is 8.92. The van der Waals surface area contributed by atoms with Crippen molar-refractivity contribution >= 4 is 11.9 Å². The number of hydrogen-bond donors (Lipinski definition) is 1. The Balaban J connectivity index is 1.29. The highest BCUT2D eigenvalue weighted by Gasteiger charge is 2.48. The Hall–Kier alpha value is -2.16. The molecular weight excluding hydrogens is 360 g/mol. The van der Waals surface area contributed by atoms with Crippen LogP contribution in [0.5, 0.6) is 0 Å². The third kappa shape index (κ3) is 4.14. The maximum absolute atomic E-state index is 12.8. The van der Waals surface area contributed by atoms with Gasteiger partial charge in [-0.1, -0.05) is 30.3 Å². The average molecular weight is 386 g/mol. The van der Waals surface area contributed by atoms with Gasteiger partial charge in [0.15, 0.2) is 0 Å². The van der Waals surface area contributed by atoms with Crippen LogP contribution in [0.25, 0.3) is 0 Å². The van der Waals surface area contributed by atoms with E-state index in [1.54, 1.807) is 9.80 Å². The SMILES string of the molecule is [CH]N1CCC(ONC(=O)[C@@H]2CC[C@@H]3CN2C(=O)N3OCc2ccccc2)CC1. The number of carbonyl (C=O) groups excluding carboxylic acids is 2. The second kappa shape index (κ2) is 8.46. The Morgan fingerprint density at radius 3 is 2.64 bits per heavy atom. The normalized spacial score (nSPS) is 26.0. The number of urea groups is 1. The third-order valence-electron chi connectivity index (χ3n) is 5.64. The molecule has 3 saturated heterocycles. The Kier molecular flexibility index (Phi) is 5.79. The largest absolute Gasteiger partial charge is 0.345 e. The zero-order chi connectivity index (χ0) is 19.5. The summed E-state index contributed by atoms with van der Waals surface area (Å²) in [5.41, 5.74) is 3.56. The van der Waals surface area contributed by atoms with Crippen LogP contribution in [-0.2, 0) is 21.1 Å². The molecule has 1 aromatic rings. The fourth-order valence-corrected chi connectivity index (χ4v) is 3.99. The molecule has 2 radical (unpaired) electrons. The van der Waals surface area contributed by atoms with Gasteiger partial charge in [0.05, 0.1) is 12.1 Å². The van der Waals surface area contributed by atoms with E-state index < -0.39 is 6.04 Å². The van der Waals surface area contributed by atoms with E-state index in [0.717, 1.165) is 37.9 Å². The molecule has 2 bridgehead atoms. The third-order valence-corrected chi connectivity index (χ3v) is 5.64. The number of amides is 3. The summed E-state index contributed by atoms with van der Waals surface area (Å²) in [6.07, 6.45) is 2.82. The number of carbonyl (C=O) groups is 2. The second-order valence-electron chi connectivity index (χ2n) is 7.59. The fraction of sp³-hybridized carbons (Fsp3) is 0.550. The summed E-state index contributed by atoms with van der Waals surface area (Å²) < 4.78 is 0. The first-order chi connectivity index (χ1) is 13.6. The van der Waals surface area contributed by atoms with Crippen molar-refractivity contribution in [3.63, 3.8) is 0 Å². The van der Waals surface area contributed by atoms with E-state index >= 15 is 0 Å². The summed E-state index contributed by atoms with van der Waals surface area (Å²) in [5.74, 6) is -0.271. The Labute approximate surface area is 165 Å².